The zero-order valence-corrected chi connectivity index (χ0v) is 18.7. The Kier molecular flexibility index (Phi) is 18.7. The number of amides is 2. The highest BCUT2D eigenvalue weighted by atomic mass is 16.7. The number of unbranched alkanes of at least 4 members (excludes halogenated alkanes) is 4. The molecular formula is C20H42N6O5. The van der Waals surface area contributed by atoms with Crippen LogP contribution in [0.3, 0.4) is 0 Å². The van der Waals surface area contributed by atoms with E-state index in [2.05, 4.69) is 15.4 Å². The second kappa shape index (κ2) is 20.0. The molecule has 0 spiro atoms. The van der Waals surface area contributed by atoms with Gasteiger partial charge in [0.2, 0.25) is 11.8 Å². The third-order valence-electron chi connectivity index (χ3n) is 4.68. The number of nitrogens with two attached hydrogens (primary N) is 3. The van der Waals surface area contributed by atoms with Crippen molar-refractivity contribution < 1.29 is 24.2 Å². The normalized spacial score (nSPS) is 11.7. The molecule has 0 bridgehead atoms. The van der Waals surface area contributed by atoms with Crippen LogP contribution in [0.5, 0.6) is 0 Å². The van der Waals surface area contributed by atoms with E-state index in [9.17, 15) is 14.4 Å². The lowest BCUT2D eigenvalue weighted by Crippen LogP contribution is -2.48. The Morgan fingerprint density at radius 1 is 0.903 bits per heavy atom. The molecular weight excluding hydrogens is 404 g/mol. The fraction of sp³-hybridized carbons (Fsp3) is 0.850. The van der Waals surface area contributed by atoms with Crippen LogP contribution in [0, 0.1) is 0 Å². The van der Waals surface area contributed by atoms with E-state index >= 15 is 0 Å². The van der Waals surface area contributed by atoms with Crippen LogP contribution in [-0.4, -0.2) is 86.4 Å². The van der Waals surface area contributed by atoms with E-state index in [-0.39, 0.29) is 31.5 Å². The predicted molar refractivity (Wildman–Crippen MR) is 119 cm³/mol. The molecule has 0 aromatic heterocycles. The van der Waals surface area contributed by atoms with Gasteiger partial charge in [0.05, 0.1) is 19.1 Å². The van der Waals surface area contributed by atoms with Crippen LogP contribution in [0.1, 0.15) is 51.4 Å². The first-order valence-corrected chi connectivity index (χ1v) is 11.2. The van der Waals surface area contributed by atoms with Crippen molar-refractivity contribution in [3.8, 4) is 0 Å². The quantitative estimate of drug-likeness (QED) is 0.107. The molecule has 0 saturated heterocycles. The number of carbonyl (C=O) groups is 3. The first-order chi connectivity index (χ1) is 14.9. The Balaban J connectivity index is 4.74. The SMILES string of the molecule is NCCCCCN(CC(=O)N[C@@H](CCCCN)COC(=O)O)C(=O)CNCCCCN. The summed E-state index contributed by atoms with van der Waals surface area (Å²) >= 11 is 0. The number of hydrogen-bond acceptors (Lipinski definition) is 8. The van der Waals surface area contributed by atoms with E-state index in [4.69, 9.17) is 22.3 Å². The minimum absolute atomic E-state index is 0.0909. The van der Waals surface area contributed by atoms with Gasteiger partial charge < -0.3 is 42.6 Å². The van der Waals surface area contributed by atoms with Crippen molar-refractivity contribution in [1.82, 2.24) is 15.5 Å². The van der Waals surface area contributed by atoms with E-state index in [1.54, 1.807) is 0 Å². The van der Waals surface area contributed by atoms with Gasteiger partial charge in [0, 0.05) is 6.54 Å². The van der Waals surface area contributed by atoms with Crippen molar-refractivity contribution in [2.45, 2.75) is 57.4 Å². The predicted octanol–water partition coefficient (Wildman–Crippen LogP) is -0.419. The molecule has 0 rings (SSSR count). The molecule has 31 heavy (non-hydrogen) atoms. The molecule has 0 aromatic carbocycles. The number of carboxylic acid groups (broad SMARTS) is 1. The average Bonchev–Trinajstić information content (AvgIpc) is 2.73. The maximum atomic E-state index is 12.6. The first kappa shape index (κ1) is 29.1. The smallest absolute Gasteiger partial charge is 0.450 e. The van der Waals surface area contributed by atoms with Crippen LogP contribution in [-0.2, 0) is 14.3 Å². The largest absolute Gasteiger partial charge is 0.505 e. The van der Waals surface area contributed by atoms with Gasteiger partial charge >= 0.3 is 6.16 Å². The van der Waals surface area contributed by atoms with Gasteiger partial charge in [-0.15, -0.1) is 0 Å². The van der Waals surface area contributed by atoms with Gasteiger partial charge in [-0.05, 0) is 64.7 Å². The summed E-state index contributed by atoms with van der Waals surface area (Å²) in [6.07, 6.45) is 4.91. The Morgan fingerprint density at radius 3 is 2.19 bits per heavy atom. The van der Waals surface area contributed by atoms with Crippen molar-refractivity contribution in [1.29, 1.82) is 0 Å². The van der Waals surface area contributed by atoms with E-state index in [1.807, 2.05) is 0 Å². The monoisotopic (exact) mass is 446 g/mol. The van der Waals surface area contributed by atoms with Crippen LogP contribution in [0.2, 0.25) is 0 Å². The van der Waals surface area contributed by atoms with Crippen LogP contribution in [0.15, 0.2) is 0 Å². The highest BCUT2D eigenvalue weighted by molar-refractivity contribution is 5.85. The maximum absolute atomic E-state index is 12.6. The third kappa shape index (κ3) is 17.4. The number of rotatable bonds is 20. The van der Waals surface area contributed by atoms with Gasteiger partial charge in [0.1, 0.15) is 6.61 Å². The molecule has 0 heterocycles. The minimum Gasteiger partial charge on any atom is -0.450 e. The van der Waals surface area contributed by atoms with Gasteiger partial charge in [-0.2, -0.15) is 0 Å². The fourth-order valence-corrected chi connectivity index (χ4v) is 2.97. The van der Waals surface area contributed by atoms with E-state index < -0.39 is 12.2 Å². The number of hydrogen-bond donors (Lipinski definition) is 6. The van der Waals surface area contributed by atoms with Crippen LogP contribution >= 0.6 is 0 Å². The average molecular weight is 447 g/mol. The van der Waals surface area contributed by atoms with Crippen LogP contribution in [0.4, 0.5) is 4.79 Å². The van der Waals surface area contributed by atoms with Crippen LogP contribution < -0.4 is 27.8 Å². The van der Waals surface area contributed by atoms with Crippen molar-refractivity contribution >= 4 is 18.0 Å². The van der Waals surface area contributed by atoms with Crippen molar-refractivity contribution in [3.05, 3.63) is 0 Å². The molecule has 2 amide bonds. The first-order valence-electron chi connectivity index (χ1n) is 11.2. The highest BCUT2D eigenvalue weighted by Gasteiger charge is 2.20. The molecule has 0 aliphatic heterocycles. The Bertz CT molecular complexity index is 495. The topological polar surface area (TPSA) is 186 Å². The molecule has 0 aliphatic carbocycles. The molecule has 1 atom stereocenters. The summed E-state index contributed by atoms with van der Waals surface area (Å²) < 4.78 is 4.62. The summed E-state index contributed by atoms with van der Waals surface area (Å²) in [4.78, 5) is 37.4. The summed E-state index contributed by atoms with van der Waals surface area (Å²) in [6, 6.07) is -0.460. The molecule has 0 fully saturated rings. The standard InChI is InChI=1S/C20H42N6O5/c21-9-3-1-7-13-26(19(28)14-24-12-6-5-11-23)15-18(27)25-17(8-2-4-10-22)16-31-20(29)30/h17,24H,1-16,21-23H2,(H,25,27)(H,29,30)/t17-/m0/s1. The molecule has 11 heteroatoms. The van der Waals surface area contributed by atoms with Crippen molar-refractivity contribution in [2.75, 3.05) is 52.4 Å². The van der Waals surface area contributed by atoms with Gasteiger partial charge in [-0.25, -0.2) is 4.79 Å². The number of nitrogens with one attached hydrogen (secondary N) is 2. The Labute approximate surface area is 185 Å². The Morgan fingerprint density at radius 2 is 1.55 bits per heavy atom. The van der Waals surface area contributed by atoms with Gasteiger partial charge in [-0.3, -0.25) is 9.59 Å². The van der Waals surface area contributed by atoms with Gasteiger partial charge in [-0.1, -0.05) is 12.8 Å². The second-order valence-corrected chi connectivity index (χ2v) is 7.46. The zero-order chi connectivity index (χ0) is 23.3. The molecule has 182 valence electrons. The highest BCUT2D eigenvalue weighted by Crippen LogP contribution is 2.03. The van der Waals surface area contributed by atoms with E-state index in [0.29, 0.717) is 39.1 Å². The number of nitrogens with zero attached hydrogens (tertiary/aromatic N) is 1. The lowest BCUT2D eigenvalue weighted by atomic mass is 10.1. The molecule has 0 aliphatic rings. The van der Waals surface area contributed by atoms with E-state index in [1.165, 1.54) is 4.90 Å². The van der Waals surface area contributed by atoms with Gasteiger partial charge in [0.25, 0.3) is 0 Å². The lowest BCUT2D eigenvalue weighted by molar-refractivity contribution is -0.135. The van der Waals surface area contributed by atoms with E-state index in [0.717, 1.165) is 44.9 Å². The molecule has 0 unspecified atom stereocenters. The minimum atomic E-state index is -1.39. The van der Waals surface area contributed by atoms with Crippen molar-refractivity contribution in [3.63, 3.8) is 0 Å². The molecule has 0 aromatic rings. The molecule has 9 N–H and O–H groups in total. The zero-order valence-electron chi connectivity index (χ0n) is 18.7. The van der Waals surface area contributed by atoms with Crippen LogP contribution in [0.25, 0.3) is 0 Å². The number of ether oxygens (including phenoxy) is 1. The fourth-order valence-electron chi connectivity index (χ4n) is 2.97. The molecule has 0 radical (unpaired) electrons. The maximum Gasteiger partial charge on any atom is 0.505 e. The summed E-state index contributed by atoms with van der Waals surface area (Å²) in [5.41, 5.74) is 16.5. The summed E-state index contributed by atoms with van der Waals surface area (Å²) in [6.45, 7) is 2.78. The third-order valence-corrected chi connectivity index (χ3v) is 4.68. The van der Waals surface area contributed by atoms with Gasteiger partial charge in [0.15, 0.2) is 0 Å². The second-order valence-electron chi connectivity index (χ2n) is 7.46. The number of carbonyl (C=O) groups excluding carboxylic acids is 2. The molecule has 11 nitrogen and oxygen atoms in total. The summed E-state index contributed by atoms with van der Waals surface area (Å²) in [5.74, 6) is -0.501. The lowest BCUT2D eigenvalue weighted by Gasteiger charge is -2.24. The van der Waals surface area contributed by atoms with Crippen molar-refractivity contribution in [2.24, 2.45) is 17.2 Å². The Hall–Kier alpha value is -1.95. The molecule has 0 saturated carbocycles. The summed E-state index contributed by atoms with van der Waals surface area (Å²) in [7, 11) is 0. The summed E-state index contributed by atoms with van der Waals surface area (Å²) in [5, 5.41) is 14.6.